The van der Waals surface area contributed by atoms with Crippen molar-refractivity contribution >= 4 is 44.2 Å². The first kappa shape index (κ1) is 24.9. The Labute approximate surface area is 203 Å². The van der Waals surface area contributed by atoms with Crippen LogP contribution in [0.1, 0.15) is 29.3 Å². The molecule has 4 rings (SSSR count). The number of fused-ring (bicyclic) bond motifs is 1. The maximum absolute atomic E-state index is 15.2. The fourth-order valence-electron chi connectivity index (χ4n) is 3.48. The van der Waals surface area contributed by atoms with Crippen LogP contribution >= 0.6 is 0 Å². The minimum atomic E-state index is -3.91. The van der Waals surface area contributed by atoms with Gasteiger partial charge < -0.3 is 10.1 Å². The summed E-state index contributed by atoms with van der Waals surface area (Å²) in [6.45, 7) is 1.62. The highest BCUT2D eigenvalue weighted by Crippen LogP contribution is 2.31. The Balaban J connectivity index is 1.78. The number of rotatable bonds is 9. The molecule has 4 N–H and O–H groups in total. The largest absolute Gasteiger partial charge is 0.495 e. The van der Waals surface area contributed by atoms with E-state index in [9.17, 15) is 22.0 Å². The van der Waals surface area contributed by atoms with Crippen LogP contribution in [0.5, 0.6) is 5.75 Å². The molecular formula is C22H20F3N6O4S+. The number of hydrogen-bond donors (Lipinski definition) is 3. The first-order valence-electron chi connectivity index (χ1n) is 10.5. The summed E-state index contributed by atoms with van der Waals surface area (Å²) in [5.74, 6) is -4.83. The second-order valence-electron chi connectivity index (χ2n) is 7.57. The smallest absolute Gasteiger partial charge is 0.236 e. The Morgan fingerprint density at radius 3 is 2.64 bits per heavy atom. The number of anilines is 3. The van der Waals surface area contributed by atoms with Gasteiger partial charge in [0.15, 0.2) is 17.5 Å². The van der Waals surface area contributed by atoms with Crippen LogP contribution in [0.3, 0.4) is 0 Å². The van der Waals surface area contributed by atoms with Crippen LogP contribution in [-0.2, 0) is 10.0 Å². The summed E-state index contributed by atoms with van der Waals surface area (Å²) in [5, 5.41) is 2.73. The number of benzene rings is 1. The zero-order valence-corrected chi connectivity index (χ0v) is 19.8. The predicted octanol–water partition coefficient (Wildman–Crippen LogP) is 3.32. The molecule has 0 radical (unpaired) electrons. The summed E-state index contributed by atoms with van der Waals surface area (Å²) in [6.07, 6.45) is 3.97. The minimum absolute atomic E-state index is 0.0365. The van der Waals surface area contributed by atoms with Crippen LogP contribution < -0.4 is 19.8 Å². The lowest BCUT2D eigenvalue weighted by Crippen LogP contribution is -2.18. The van der Waals surface area contributed by atoms with Gasteiger partial charge in [0.2, 0.25) is 33.6 Å². The Morgan fingerprint density at radius 2 is 1.94 bits per heavy atom. The maximum atomic E-state index is 15.2. The molecular weight excluding hydrogens is 501 g/mol. The van der Waals surface area contributed by atoms with Gasteiger partial charge in [0, 0.05) is 6.07 Å². The third-order valence-corrected chi connectivity index (χ3v) is 6.59. The van der Waals surface area contributed by atoms with Crippen molar-refractivity contribution in [2.45, 2.75) is 13.3 Å². The summed E-state index contributed by atoms with van der Waals surface area (Å²) in [5.41, 5.74) is -1.51. The molecule has 0 saturated heterocycles. The molecule has 36 heavy (non-hydrogen) atoms. The zero-order chi connectivity index (χ0) is 26.0. The summed E-state index contributed by atoms with van der Waals surface area (Å²) in [6, 6.07) is 2.76. The number of hydrogen-bond acceptors (Lipinski definition) is 7. The molecule has 3 heterocycles. The van der Waals surface area contributed by atoms with Gasteiger partial charge in [-0.05, 0) is 18.6 Å². The highest BCUT2D eigenvalue weighted by atomic mass is 32.2. The van der Waals surface area contributed by atoms with Gasteiger partial charge in [-0.1, -0.05) is 11.9 Å². The van der Waals surface area contributed by atoms with Crippen LogP contribution in [0.4, 0.5) is 30.5 Å². The molecule has 10 nitrogen and oxygen atoms in total. The van der Waals surface area contributed by atoms with E-state index < -0.39 is 44.5 Å². The number of carbonyl (C=O) groups excluding carboxylic acids is 1. The van der Waals surface area contributed by atoms with Crippen molar-refractivity contribution in [1.29, 1.82) is 0 Å². The Bertz CT molecular complexity index is 1580. The van der Waals surface area contributed by atoms with Gasteiger partial charge in [0.05, 0.1) is 42.1 Å². The molecule has 0 unspecified atom stereocenters. The van der Waals surface area contributed by atoms with E-state index in [1.54, 1.807) is 6.92 Å². The average molecular weight is 522 g/mol. The Kier molecular flexibility index (Phi) is 6.79. The third-order valence-electron chi connectivity index (χ3n) is 5.11. The number of pyridine rings is 1. The molecule has 0 amide bonds. The maximum Gasteiger partial charge on any atom is 0.236 e. The molecule has 0 atom stereocenters. The molecule has 0 saturated carbocycles. The number of H-pyrrole nitrogens is 2. The molecule has 0 fully saturated rings. The number of aromatic amines is 2. The fourth-order valence-corrected chi connectivity index (χ4v) is 4.61. The van der Waals surface area contributed by atoms with Crippen molar-refractivity contribution in [2.24, 2.45) is 0 Å². The Hall–Kier alpha value is -4.20. The summed E-state index contributed by atoms with van der Waals surface area (Å²) in [4.78, 5) is 26.8. The molecule has 188 valence electrons. The number of carbonyl (C=O) groups is 1. The van der Waals surface area contributed by atoms with Crippen molar-refractivity contribution in [3.05, 3.63) is 65.5 Å². The lowest BCUT2D eigenvalue weighted by molar-refractivity contribution is -0.352. The Morgan fingerprint density at radius 1 is 1.17 bits per heavy atom. The lowest BCUT2D eigenvalue weighted by Gasteiger charge is -2.11. The number of nitrogens with one attached hydrogen (secondary N) is 4. The number of aromatic nitrogens is 4. The van der Waals surface area contributed by atoms with Crippen molar-refractivity contribution in [1.82, 2.24) is 15.0 Å². The van der Waals surface area contributed by atoms with E-state index >= 15 is 4.39 Å². The molecule has 0 bridgehead atoms. The SMILES string of the molecule is CCCS(=O)(=O)Nc1ccc(F)c(C(=O)c2c[nH]c3[nH+]cnc(Nc4ncc(OC)cc4F)c23)c1F. The van der Waals surface area contributed by atoms with Gasteiger partial charge in [0.25, 0.3) is 0 Å². The highest BCUT2D eigenvalue weighted by molar-refractivity contribution is 7.92. The van der Waals surface area contributed by atoms with E-state index in [2.05, 4.69) is 25.3 Å². The zero-order valence-electron chi connectivity index (χ0n) is 18.9. The number of methoxy groups -OCH3 is 1. The van der Waals surface area contributed by atoms with Crippen molar-refractivity contribution in [3.8, 4) is 5.75 Å². The lowest BCUT2D eigenvalue weighted by atomic mass is 10.0. The van der Waals surface area contributed by atoms with Gasteiger partial charge in [-0.25, -0.2) is 31.6 Å². The van der Waals surface area contributed by atoms with Gasteiger partial charge in [-0.3, -0.25) is 14.5 Å². The molecule has 0 aliphatic heterocycles. The average Bonchev–Trinajstić information content (AvgIpc) is 3.27. The van der Waals surface area contributed by atoms with Gasteiger partial charge >= 0.3 is 0 Å². The fraction of sp³-hybridized carbons (Fsp3) is 0.182. The molecule has 3 aromatic heterocycles. The second kappa shape index (κ2) is 9.81. The molecule has 14 heteroatoms. The summed E-state index contributed by atoms with van der Waals surface area (Å²) >= 11 is 0. The first-order valence-corrected chi connectivity index (χ1v) is 12.2. The van der Waals surface area contributed by atoms with E-state index in [0.717, 1.165) is 18.2 Å². The van der Waals surface area contributed by atoms with Crippen molar-refractivity contribution in [3.63, 3.8) is 0 Å². The standard InChI is InChI=1S/C22H19F3N6O4S/c1-3-6-36(33,34)31-15-5-4-13(23)17(18(15)25)19(32)12-9-27-21-16(12)22(29-10-28-21)30-20-14(24)7-11(35-2)8-26-20/h4-5,7-10,31H,3,6H2,1-2H3,(H2,26,27,28,29,30)/p+1. The van der Waals surface area contributed by atoms with Gasteiger partial charge in [0.1, 0.15) is 17.0 Å². The van der Waals surface area contributed by atoms with E-state index in [0.29, 0.717) is 0 Å². The van der Waals surface area contributed by atoms with Crippen LogP contribution in [0, 0.1) is 17.5 Å². The van der Waals surface area contributed by atoms with E-state index in [4.69, 9.17) is 4.74 Å². The number of sulfonamides is 1. The predicted molar refractivity (Wildman–Crippen MR) is 124 cm³/mol. The summed E-state index contributed by atoms with van der Waals surface area (Å²) < 4.78 is 75.4. The number of ether oxygens (including phenoxy) is 1. The van der Waals surface area contributed by atoms with Crippen molar-refractivity contribution < 1.29 is 36.1 Å². The summed E-state index contributed by atoms with van der Waals surface area (Å²) in [7, 11) is -2.56. The van der Waals surface area contributed by atoms with Crippen LogP contribution in [0.25, 0.3) is 11.0 Å². The molecule has 1 aromatic carbocycles. The number of halogens is 3. The molecule has 0 aliphatic rings. The van der Waals surface area contributed by atoms with Crippen LogP contribution in [0.15, 0.2) is 36.9 Å². The van der Waals surface area contributed by atoms with Crippen LogP contribution in [-0.4, -0.2) is 42.0 Å². The van der Waals surface area contributed by atoms with E-state index in [1.807, 2.05) is 4.72 Å². The topological polar surface area (TPSA) is 140 Å². The minimum Gasteiger partial charge on any atom is -0.495 e. The second-order valence-corrected chi connectivity index (χ2v) is 9.41. The highest BCUT2D eigenvalue weighted by Gasteiger charge is 2.29. The van der Waals surface area contributed by atoms with E-state index in [-0.39, 0.29) is 46.2 Å². The molecule has 4 aromatic rings. The molecule has 0 aliphatic carbocycles. The number of ketones is 1. The van der Waals surface area contributed by atoms with E-state index in [1.165, 1.54) is 25.8 Å². The normalized spacial score (nSPS) is 11.5. The van der Waals surface area contributed by atoms with Crippen LogP contribution in [0.2, 0.25) is 0 Å². The molecule has 0 spiro atoms. The third kappa shape index (κ3) is 4.79. The first-order chi connectivity index (χ1) is 17.1. The van der Waals surface area contributed by atoms with Gasteiger partial charge in [-0.2, -0.15) is 0 Å². The van der Waals surface area contributed by atoms with Crippen molar-refractivity contribution in [2.75, 3.05) is 22.9 Å². The quantitative estimate of drug-likeness (QED) is 0.287. The number of nitrogens with zero attached hydrogens (tertiary/aromatic N) is 2. The monoisotopic (exact) mass is 521 g/mol. The van der Waals surface area contributed by atoms with Gasteiger partial charge in [-0.15, -0.1) is 0 Å².